The van der Waals surface area contributed by atoms with E-state index in [9.17, 15) is 14.4 Å². The van der Waals surface area contributed by atoms with Crippen molar-refractivity contribution in [2.45, 2.75) is 13.0 Å². The molecule has 0 radical (unpaired) electrons. The average molecular weight is 337 g/mol. The minimum atomic E-state index is -0.437. The van der Waals surface area contributed by atoms with Gasteiger partial charge in [-0.25, -0.2) is 4.98 Å². The van der Waals surface area contributed by atoms with Crippen LogP contribution in [0, 0.1) is 0 Å². The zero-order valence-electron chi connectivity index (χ0n) is 13.2. The van der Waals surface area contributed by atoms with Crippen molar-refractivity contribution in [3.8, 4) is 0 Å². The summed E-state index contributed by atoms with van der Waals surface area (Å²) in [7, 11) is 0. The smallest absolute Gasteiger partial charge is 0.261 e. The second-order valence-electron chi connectivity index (χ2n) is 5.95. The molecule has 0 spiro atoms. The number of anilines is 1. The van der Waals surface area contributed by atoms with Crippen LogP contribution >= 0.6 is 0 Å². The highest BCUT2D eigenvalue weighted by Gasteiger charge is 2.26. The van der Waals surface area contributed by atoms with E-state index in [1.807, 2.05) is 18.2 Å². The van der Waals surface area contributed by atoms with Crippen molar-refractivity contribution in [1.29, 1.82) is 0 Å². The molecule has 1 aliphatic heterocycles. The van der Waals surface area contributed by atoms with E-state index in [0.29, 0.717) is 29.7 Å². The molecule has 1 amide bonds. The van der Waals surface area contributed by atoms with Gasteiger partial charge in [0.05, 0.1) is 12.2 Å². The first-order chi connectivity index (χ1) is 12.0. The number of nitrogen functional groups attached to an aromatic ring is 1. The number of hydrogen-bond donors (Lipinski definition) is 3. The Morgan fingerprint density at radius 2 is 1.96 bits per heavy atom. The molecule has 1 aliphatic rings. The monoisotopic (exact) mass is 337 g/mol. The van der Waals surface area contributed by atoms with Gasteiger partial charge in [0, 0.05) is 17.6 Å². The molecular weight excluding hydrogens is 322 g/mol. The number of aromatic amines is 2. The van der Waals surface area contributed by atoms with Crippen LogP contribution in [0.2, 0.25) is 0 Å². The molecule has 8 heteroatoms. The van der Waals surface area contributed by atoms with E-state index in [2.05, 4.69) is 15.0 Å². The lowest BCUT2D eigenvalue weighted by Crippen LogP contribution is -2.41. The van der Waals surface area contributed by atoms with Gasteiger partial charge in [-0.1, -0.05) is 18.2 Å². The Labute approximate surface area is 141 Å². The summed E-state index contributed by atoms with van der Waals surface area (Å²) in [4.78, 5) is 47.8. The number of fused-ring (bicyclic) bond motifs is 2. The maximum Gasteiger partial charge on any atom is 0.261 e. The molecule has 2 aromatic heterocycles. The topological polar surface area (TPSA) is 125 Å². The number of pyridine rings is 1. The SMILES string of the molecule is Nc1nc2c(c(=O)[nH]1)CCN(C(=O)c1cc3ccccc3[nH]c1=O)C2. The highest BCUT2D eigenvalue weighted by Crippen LogP contribution is 2.17. The van der Waals surface area contributed by atoms with Crippen molar-refractivity contribution < 1.29 is 4.79 Å². The fourth-order valence-electron chi connectivity index (χ4n) is 3.11. The number of amides is 1. The van der Waals surface area contributed by atoms with E-state index < -0.39 is 11.5 Å². The lowest BCUT2D eigenvalue weighted by molar-refractivity contribution is 0.0729. The first kappa shape index (κ1) is 15.1. The molecule has 126 valence electrons. The Bertz CT molecular complexity index is 1120. The second kappa shape index (κ2) is 5.59. The Morgan fingerprint density at radius 1 is 1.16 bits per heavy atom. The maximum atomic E-state index is 12.8. The summed E-state index contributed by atoms with van der Waals surface area (Å²) in [5, 5.41) is 0.779. The number of hydrogen-bond acceptors (Lipinski definition) is 5. The Hall–Kier alpha value is -3.42. The molecular formula is C17H15N5O3. The van der Waals surface area contributed by atoms with Gasteiger partial charge in [-0.2, -0.15) is 0 Å². The predicted molar refractivity (Wildman–Crippen MR) is 92.3 cm³/mol. The standard InChI is InChI=1S/C17H15N5O3/c18-17-20-13-8-22(6-5-10(13)14(23)21-17)16(25)11-7-9-3-1-2-4-12(9)19-15(11)24/h1-4,7H,5-6,8H2,(H,19,24)(H3,18,20,21,23). The van der Waals surface area contributed by atoms with Gasteiger partial charge in [0.1, 0.15) is 5.56 Å². The molecule has 4 N–H and O–H groups in total. The Morgan fingerprint density at radius 3 is 2.80 bits per heavy atom. The number of benzene rings is 1. The first-order valence-corrected chi connectivity index (χ1v) is 7.82. The van der Waals surface area contributed by atoms with Crippen LogP contribution in [-0.2, 0) is 13.0 Å². The van der Waals surface area contributed by atoms with Crippen molar-refractivity contribution in [3.05, 3.63) is 67.9 Å². The van der Waals surface area contributed by atoms with Gasteiger partial charge in [-0.05, 0) is 23.9 Å². The third kappa shape index (κ3) is 2.57. The number of H-pyrrole nitrogens is 2. The van der Waals surface area contributed by atoms with Crippen LogP contribution in [0.5, 0.6) is 0 Å². The van der Waals surface area contributed by atoms with Crippen LogP contribution in [-0.4, -0.2) is 32.3 Å². The van der Waals surface area contributed by atoms with Crippen LogP contribution in [0.25, 0.3) is 10.9 Å². The van der Waals surface area contributed by atoms with Gasteiger partial charge in [-0.3, -0.25) is 19.4 Å². The molecule has 3 heterocycles. The summed E-state index contributed by atoms with van der Waals surface area (Å²) in [6, 6.07) is 8.85. The summed E-state index contributed by atoms with van der Waals surface area (Å²) in [6.45, 7) is 0.487. The Kier molecular flexibility index (Phi) is 3.38. The molecule has 0 saturated carbocycles. The predicted octanol–water partition coefficient (Wildman–Crippen LogP) is 0.392. The molecule has 25 heavy (non-hydrogen) atoms. The molecule has 8 nitrogen and oxygen atoms in total. The largest absolute Gasteiger partial charge is 0.369 e. The van der Waals surface area contributed by atoms with E-state index in [1.165, 1.54) is 4.90 Å². The van der Waals surface area contributed by atoms with E-state index >= 15 is 0 Å². The molecule has 0 aliphatic carbocycles. The number of para-hydroxylation sites is 1. The van der Waals surface area contributed by atoms with Crippen molar-refractivity contribution >= 4 is 22.8 Å². The number of carbonyl (C=O) groups excluding carboxylic acids is 1. The minimum Gasteiger partial charge on any atom is -0.369 e. The van der Waals surface area contributed by atoms with E-state index in [4.69, 9.17) is 5.73 Å². The van der Waals surface area contributed by atoms with Crippen LogP contribution in [0.3, 0.4) is 0 Å². The highest BCUT2D eigenvalue weighted by molar-refractivity contribution is 5.97. The number of nitrogens with zero attached hydrogens (tertiary/aromatic N) is 2. The third-order valence-electron chi connectivity index (χ3n) is 4.36. The molecule has 0 fully saturated rings. The molecule has 1 aromatic carbocycles. The fourth-order valence-corrected chi connectivity index (χ4v) is 3.11. The molecule has 4 rings (SSSR count). The number of carbonyl (C=O) groups is 1. The summed E-state index contributed by atoms with van der Waals surface area (Å²) in [5.41, 5.74) is 6.61. The number of aromatic nitrogens is 3. The van der Waals surface area contributed by atoms with Crippen molar-refractivity contribution in [3.63, 3.8) is 0 Å². The van der Waals surface area contributed by atoms with Gasteiger partial charge in [0.25, 0.3) is 17.0 Å². The Balaban J connectivity index is 1.71. The minimum absolute atomic E-state index is 0.0154. The van der Waals surface area contributed by atoms with Crippen LogP contribution < -0.4 is 16.9 Å². The maximum absolute atomic E-state index is 12.8. The van der Waals surface area contributed by atoms with Crippen LogP contribution in [0.4, 0.5) is 5.95 Å². The van der Waals surface area contributed by atoms with Gasteiger partial charge in [0.15, 0.2) is 0 Å². The van der Waals surface area contributed by atoms with Crippen LogP contribution in [0.1, 0.15) is 21.6 Å². The second-order valence-corrected chi connectivity index (χ2v) is 5.95. The highest BCUT2D eigenvalue weighted by atomic mass is 16.2. The number of rotatable bonds is 1. The molecule has 0 atom stereocenters. The fraction of sp³-hybridized carbons (Fsp3) is 0.176. The normalized spacial score (nSPS) is 13.7. The van der Waals surface area contributed by atoms with Gasteiger partial charge in [-0.15, -0.1) is 0 Å². The lowest BCUT2D eigenvalue weighted by Gasteiger charge is -2.27. The van der Waals surface area contributed by atoms with E-state index in [1.54, 1.807) is 12.1 Å². The van der Waals surface area contributed by atoms with E-state index in [-0.39, 0.29) is 23.6 Å². The first-order valence-electron chi connectivity index (χ1n) is 7.82. The van der Waals surface area contributed by atoms with Crippen LogP contribution in [0.15, 0.2) is 39.9 Å². The van der Waals surface area contributed by atoms with Gasteiger partial charge < -0.3 is 15.6 Å². The summed E-state index contributed by atoms with van der Waals surface area (Å²) in [6.07, 6.45) is 0.370. The zero-order valence-corrected chi connectivity index (χ0v) is 13.2. The van der Waals surface area contributed by atoms with Crippen molar-refractivity contribution in [2.75, 3.05) is 12.3 Å². The molecule has 3 aromatic rings. The van der Waals surface area contributed by atoms with E-state index in [0.717, 1.165) is 5.39 Å². The molecule has 0 saturated heterocycles. The van der Waals surface area contributed by atoms with Gasteiger partial charge in [0.2, 0.25) is 5.95 Å². The number of nitrogens with one attached hydrogen (secondary N) is 2. The summed E-state index contributed by atoms with van der Waals surface area (Å²) < 4.78 is 0. The summed E-state index contributed by atoms with van der Waals surface area (Å²) in [5.74, 6) is -0.375. The lowest BCUT2D eigenvalue weighted by atomic mass is 10.1. The average Bonchev–Trinajstić information content (AvgIpc) is 2.60. The molecule has 0 bridgehead atoms. The van der Waals surface area contributed by atoms with Crippen molar-refractivity contribution in [2.24, 2.45) is 0 Å². The number of nitrogens with two attached hydrogens (primary N) is 1. The third-order valence-corrected chi connectivity index (χ3v) is 4.36. The van der Waals surface area contributed by atoms with Crippen molar-refractivity contribution in [1.82, 2.24) is 19.9 Å². The summed E-state index contributed by atoms with van der Waals surface area (Å²) >= 11 is 0. The quantitative estimate of drug-likeness (QED) is 0.592. The van der Waals surface area contributed by atoms with Gasteiger partial charge >= 0.3 is 0 Å². The molecule has 0 unspecified atom stereocenters. The zero-order chi connectivity index (χ0) is 17.6.